The molecular weight excluding hydrogens is 275 g/mol. The fourth-order valence-corrected chi connectivity index (χ4v) is 3.24. The molecule has 0 aliphatic carbocycles. The van der Waals surface area contributed by atoms with Gasteiger partial charge in [-0.15, -0.1) is 0 Å². The summed E-state index contributed by atoms with van der Waals surface area (Å²) in [6.07, 6.45) is 2.31. The van der Waals surface area contributed by atoms with Crippen LogP contribution in [0.2, 0.25) is 5.02 Å². The number of anilines is 1. The minimum absolute atomic E-state index is 0.278. The Balaban J connectivity index is 2.26. The molecule has 1 saturated heterocycles. The molecule has 1 aliphatic heterocycles. The van der Waals surface area contributed by atoms with Crippen molar-refractivity contribution in [2.75, 3.05) is 18.0 Å². The lowest BCUT2D eigenvalue weighted by molar-refractivity contribution is 0.327. The van der Waals surface area contributed by atoms with E-state index in [1.807, 2.05) is 0 Å². The lowest BCUT2D eigenvalue weighted by Crippen LogP contribution is -2.58. The van der Waals surface area contributed by atoms with Crippen molar-refractivity contribution < 1.29 is 4.39 Å². The maximum absolute atomic E-state index is 13.3. The van der Waals surface area contributed by atoms with Crippen molar-refractivity contribution in [1.82, 2.24) is 5.32 Å². The first-order valence-electron chi connectivity index (χ1n) is 7.48. The van der Waals surface area contributed by atoms with Crippen LogP contribution in [0.15, 0.2) is 18.2 Å². The highest BCUT2D eigenvalue weighted by molar-refractivity contribution is 6.33. The lowest BCUT2D eigenvalue weighted by Gasteiger charge is -2.44. The Morgan fingerprint density at radius 2 is 2.20 bits per heavy atom. The van der Waals surface area contributed by atoms with E-state index < -0.39 is 0 Å². The average Bonchev–Trinajstić information content (AvgIpc) is 2.38. The van der Waals surface area contributed by atoms with Crippen LogP contribution in [0.4, 0.5) is 10.1 Å². The van der Waals surface area contributed by atoms with E-state index in [0.29, 0.717) is 23.0 Å². The molecule has 0 amide bonds. The van der Waals surface area contributed by atoms with E-state index in [-0.39, 0.29) is 5.82 Å². The number of rotatable bonds is 4. The van der Waals surface area contributed by atoms with Crippen molar-refractivity contribution in [3.63, 3.8) is 0 Å². The van der Waals surface area contributed by atoms with Gasteiger partial charge in [-0.1, -0.05) is 38.8 Å². The summed E-state index contributed by atoms with van der Waals surface area (Å²) in [6.45, 7) is 8.53. The second-order valence-corrected chi connectivity index (χ2v) is 6.36. The molecule has 4 heteroatoms. The summed E-state index contributed by atoms with van der Waals surface area (Å²) in [5.74, 6) is 0.242. The first-order chi connectivity index (χ1) is 9.52. The third kappa shape index (κ3) is 3.44. The monoisotopic (exact) mass is 298 g/mol. The number of benzene rings is 1. The first-order valence-corrected chi connectivity index (χ1v) is 7.85. The highest BCUT2D eigenvalue weighted by Gasteiger charge is 2.30. The highest BCUT2D eigenvalue weighted by Crippen LogP contribution is 2.31. The number of nitrogens with zero attached hydrogens (tertiary/aromatic N) is 1. The fraction of sp³-hybridized carbons (Fsp3) is 0.625. The van der Waals surface area contributed by atoms with Crippen molar-refractivity contribution in [1.29, 1.82) is 0 Å². The molecule has 0 aromatic heterocycles. The zero-order valence-electron chi connectivity index (χ0n) is 12.5. The zero-order valence-corrected chi connectivity index (χ0v) is 13.3. The molecule has 2 nitrogen and oxygen atoms in total. The van der Waals surface area contributed by atoms with Crippen LogP contribution < -0.4 is 10.2 Å². The molecule has 0 spiro atoms. The summed E-state index contributed by atoms with van der Waals surface area (Å²) in [4.78, 5) is 2.35. The SMILES string of the molecule is CCCC1CN(c2ccc(F)cc2Cl)C(C(C)C)CN1. The summed E-state index contributed by atoms with van der Waals surface area (Å²) >= 11 is 6.26. The smallest absolute Gasteiger partial charge is 0.124 e. The van der Waals surface area contributed by atoms with Gasteiger partial charge < -0.3 is 10.2 Å². The number of halogens is 2. The molecule has 0 saturated carbocycles. The van der Waals surface area contributed by atoms with Crippen LogP contribution in [-0.2, 0) is 0 Å². The van der Waals surface area contributed by atoms with Gasteiger partial charge in [0.25, 0.3) is 0 Å². The van der Waals surface area contributed by atoms with Crippen molar-refractivity contribution >= 4 is 17.3 Å². The molecule has 0 radical (unpaired) electrons. The molecule has 1 fully saturated rings. The van der Waals surface area contributed by atoms with Gasteiger partial charge in [0.05, 0.1) is 10.7 Å². The molecule has 1 heterocycles. The number of piperazine rings is 1. The predicted molar refractivity (Wildman–Crippen MR) is 84.1 cm³/mol. The summed E-state index contributed by atoms with van der Waals surface area (Å²) < 4.78 is 13.3. The fourth-order valence-electron chi connectivity index (χ4n) is 2.96. The summed E-state index contributed by atoms with van der Waals surface area (Å²) in [5.41, 5.74) is 0.953. The Labute approximate surface area is 126 Å². The molecular formula is C16H24ClFN2. The van der Waals surface area contributed by atoms with E-state index in [1.54, 1.807) is 6.07 Å². The zero-order chi connectivity index (χ0) is 14.7. The quantitative estimate of drug-likeness (QED) is 0.901. The van der Waals surface area contributed by atoms with Crippen LogP contribution >= 0.6 is 11.6 Å². The highest BCUT2D eigenvalue weighted by atomic mass is 35.5. The molecule has 2 unspecified atom stereocenters. The van der Waals surface area contributed by atoms with Gasteiger partial charge in [0.15, 0.2) is 0 Å². The van der Waals surface area contributed by atoms with Gasteiger partial charge in [-0.25, -0.2) is 4.39 Å². The van der Waals surface area contributed by atoms with Gasteiger partial charge >= 0.3 is 0 Å². The van der Waals surface area contributed by atoms with Gasteiger partial charge in [0.1, 0.15) is 5.82 Å². The maximum Gasteiger partial charge on any atom is 0.124 e. The number of hydrogen-bond donors (Lipinski definition) is 1. The molecule has 2 atom stereocenters. The molecule has 1 aromatic rings. The van der Waals surface area contributed by atoms with E-state index in [2.05, 4.69) is 31.0 Å². The molecule has 2 rings (SSSR count). The minimum atomic E-state index is -0.278. The van der Waals surface area contributed by atoms with Gasteiger partial charge in [-0.2, -0.15) is 0 Å². The molecule has 1 aromatic carbocycles. The third-order valence-electron chi connectivity index (χ3n) is 4.06. The third-order valence-corrected chi connectivity index (χ3v) is 4.36. The Hall–Kier alpha value is -0.800. The second kappa shape index (κ2) is 6.77. The topological polar surface area (TPSA) is 15.3 Å². The van der Waals surface area contributed by atoms with E-state index in [9.17, 15) is 4.39 Å². The summed E-state index contributed by atoms with van der Waals surface area (Å²) in [5, 5.41) is 4.13. The number of hydrogen-bond acceptors (Lipinski definition) is 2. The molecule has 0 bridgehead atoms. The van der Waals surface area contributed by atoms with Gasteiger partial charge in [0, 0.05) is 25.2 Å². The van der Waals surface area contributed by atoms with Crippen LogP contribution in [0.3, 0.4) is 0 Å². The average molecular weight is 299 g/mol. The van der Waals surface area contributed by atoms with E-state index >= 15 is 0 Å². The molecule has 20 heavy (non-hydrogen) atoms. The largest absolute Gasteiger partial charge is 0.364 e. The van der Waals surface area contributed by atoms with Gasteiger partial charge in [-0.3, -0.25) is 0 Å². The Bertz CT molecular complexity index is 450. The van der Waals surface area contributed by atoms with Gasteiger partial charge in [-0.05, 0) is 30.5 Å². The van der Waals surface area contributed by atoms with Crippen molar-refractivity contribution in [2.45, 2.75) is 45.7 Å². The summed E-state index contributed by atoms with van der Waals surface area (Å²) in [7, 11) is 0. The van der Waals surface area contributed by atoms with Crippen molar-refractivity contribution in [3.8, 4) is 0 Å². The van der Waals surface area contributed by atoms with Crippen LogP contribution in [0, 0.1) is 11.7 Å². The first kappa shape index (κ1) is 15.6. The van der Waals surface area contributed by atoms with Crippen LogP contribution in [0.25, 0.3) is 0 Å². The minimum Gasteiger partial charge on any atom is -0.364 e. The van der Waals surface area contributed by atoms with Crippen LogP contribution in [0.5, 0.6) is 0 Å². The molecule has 1 N–H and O–H groups in total. The predicted octanol–water partition coefficient (Wildman–Crippen LogP) is 4.08. The second-order valence-electron chi connectivity index (χ2n) is 5.95. The Kier molecular flexibility index (Phi) is 5.28. The van der Waals surface area contributed by atoms with E-state index in [0.717, 1.165) is 31.6 Å². The Morgan fingerprint density at radius 1 is 1.45 bits per heavy atom. The summed E-state index contributed by atoms with van der Waals surface area (Å²) in [6, 6.07) is 5.59. The van der Waals surface area contributed by atoms with E-state index in [1.165, 1.54) is 12.1 Å². The maximum atomic E-state index is 13.3. The van der Waals surface area contributed by atoms with Crippen molar-refractivity contribution in [2.24, 2.45) is 5.92 Å². The number of nitrogens with one attached hydrogen (secondary N) is 1. The standard InChI is InChI=1S/C16H24ClFN2/c1-4-5-13-10-20(16(9-19-13)11(2)3)15-7-6-12(18)8-14(15)17/h6-8,11,13,16,19H,4-5,9-10H2,1-3H3. The van der Waals surface area contributed by atoms with Crippen LogP contribution in [-0.4, -0.2) is 25.2 Å². The van der Waals surface area contributed by atoms with Crippen LogP contribution in [0.1, 0.15) is 33.6 Å². The molecule has 1 aliphatic rings. The normalized spacial score (nSPS) is 23.4. The lowest BCUT2D eigenvalue weighted by atomic mass is 9.96. The Morgan fingerprint density at radius 3 is 2.80 bits per heavy atom. The van der Waals surface area contributed by atoms with Gasteiger partial charge in [0.2, 0.25) is 0 Å². The van der Waals surface area contributed by atoms with E-state index in [4.69, 9.17) is 11.6 Å². The van der Waals surface area contributed by atoms with Crippen molar-refractivity contribution in [3.05, 3.63) is 29.0 Å². The molecule has 112 valence electrons.